The Kier molecular flexibility index (Phi) is 4.94. The lowest BCUT2D eigenvalue weighted by Crippen LogP contribution is -2.13. The molecule has 0 bridgehead atoms. The lowest BCUT2D eigenvalue weighted by molar-refractivity contribution is 0.100. The van der Waals surface area contributed by atoms with E-state index < -0.39 is 15.6 Å². The minimum absolute atomic E-state index is 0.204. The lowest BCUT2D eigenvalue weighted by Gasteiger charge is -2.06. The minimum Gasteiger partial charge on any atom is -0.351 e. The zero-order valence-electron chi connectivity index (χ0n) is 14.4. The summed E-state index contributed by atoms with van der Waals surface area (Å²) in [6.07, 6.45) is 2.81. The average molecular weight is 347 g/mol. The van der Waals surface area contributed by atoms with Crippen molar-refractivity contribution in [3.05, 3.63) is 52.8 Å². The number of amides is 2. The van der Waals surface area contributed by atoms with Crippen molar-refractivity contribution in [2.45, 2.75) is 13.8 Å². The van der Waals surface area contributed by atoms with Crippen LogP contribution in [0.1, 0.15) is 32.1 Å². The second-order valence-corrected chi connectivity index (χ2v) is 8.50. The number of anilines is 1. The molecule has 0 radical (unpaired) electrons. The number of benzene rings is 1. The standard InChI is InChI=1S/C17H21N3O3S/c1-11-10-15(12(2)20(11)3)17(22)18-14-8-6-13(7-9-14)16(21)19-24(4,5)23/h6-10H,1-5H3,(H,18,22). The monoisotopic (exact) mass is 347 g/mol. The molecule has 2 amide bonds. The van der Waals surface area contributed by atoms with Crippen LogP contribution in [0.25, 0.3) is 0 Å². The van der Waals surface area contributed by atoms with Gasteiger partial charge in [-0.2, -0.15) is 4.36 Å². The summed E-state index contributed by atoms with van der Waals surface area (Å²) in [5.41, 5.74) is 3.41. The van der Waals surface area contributed by atoms with E-state index in [0.29, 0.717) is 16.8 Å². The first-order valence-corrected chi connectivity index (χ1v) is 9.67. The number of aromatic nitrogens is 1. The minimum atomic E-state index is -2.49. The van der Waals surface area contributed by atoms with Crippen LogP contribution in [-0.2, 0) is 16.8 Å². The highest BCUT2D eigenvalue weighted by atomic mass is 32.2. The van der Waals surface area contributed by atoms with Crippen molar-refractivity contribution >= 4 is 27.2 Å². The lowest BCUT2D eigenvalue weighted by atomic mass is 10.2. The van der Waals surface area contributed by atoms with Crippen LogP contribution in [0.15, 0.2) is 34.7 Å². The van der Waals surface area contributed by atoms with Crippen molar-refractivity contribution in [3.63, 3.8) is 0 Å². The first kappa shape index (κ1) is 17.9. The van der Waals surface area contributed by atoms with Gasteiger partial charge in [0.25, 0.3) is 11.8 Å². The predicted octanol–water partition coefficient (Wildman–Crippen LogP) is 2.76. The molecule has 7 heteroatoms. The molecule has 0 atom stereocenters. The molecule has 0 fully saturated rings. The second-order valence-electron chi connectivity index (χ2n) is 5.95. The van der Waals surface area contributed by atoms with Gasteiger partial charge in [-0.3, -0.25) is 9.59 Å². The SMILES string of the molecule is Cc1cc(C(=O)Nc2ccc(C(=O)N=S(C)(C)=O)cc2)c(C)n1C. The maximum Gasteiger partial charge on any atom is 0.285 e. The van der Waals surface area contributed by atoms with Gasteiger partial charge in [0.05, 0.1) is 5.56 Å². The third-order valence-electron chi connectivity index (χ3n) is 3.71. The summed E-state index contributed by atoms with van der Waals surface area (Å²) in [4.78, 5) is 24.2. The highest BCUT2D eigenvalue weighted by Crippen LogP contribution is 2.17. The van der Waals surface area contributed by atoms with Crippen LogP contribution in [0.2, 0.25) is 0 Å². The van der Waals surface area contributed by atoms with Gasteiger partial charge < -0.3 is 9.88 Å². The first-order chi connectivity index (χ1) is 11.1. The molecule has 0 aliphatic carbocycles. The number of nitrogens with one attached hydrogen (secondary N) is 1. The summed E-state index contributed by atoms with van der Waals surface area (Å²) in [6.45, 7) is 3.82. The Balaban J connectivity index is 2.17. The smallest absolute Gasteiger partial charge is 0.285 e. The molecule has 0 saturated carbocycles. The van der Waals surface area contributed by atoms with E-state index in [1.54, 1.807) is 24.3 Å². The summed E-state index contributed by atoms with van der Waals surface area (Å²) < 4.78 is 17.1. The van der Waals surface area contributed by atoms with Gasteiger partial charge in [-0.05, 0) is 44.2 Å². The zero-order chi connectivity index (χ0) is 18.1. The molecule has 128 valence electrons. The maximum absolute atomic E-state index is 12.4. The molecule has 0 unspecified atom stereocenters. The molecule has 0 spiro atoms. The van der Waals surface area contributed by atoms with Crippen molar-refractivity contribution in [1.29, 1.82) is 0 Å². The molecular formula is C17H21N3O3S. The fourth-order valence-corrected chi connectivity index (χ4v) is 2.74. The molecule has 0 aliphatic rings. The van der Waals surface area contributed by atoms with Crippen LogP contribution in [-0.4, -0.2) is 33.1 Å². The molecule has 0 saturated heterocycles. The predicted molar refractivity (Wildman–Crippen MR) is 96.0 cm³/mol. The van der Waals surface area contributed by atoms with Gasteiger partial charge in [-0.25, -0.2) is 4.21 Å². The van der Waals surface area contributed by atoms with Crippen molar-refractivity contribution in [1.82, 2.24) is 4.57 Å². The molecule has 6 nitrogen and oxygen atoms in total. The Hall–Kier alpha value is -2.41. The van der Waals surface area contributed by atoms with E-state index in [1.165, 1.54) is 12.5 Å². The van der Waals surface area contributed by atoms with Crippen molar-refractivity contribution in [2.75, 3.05) is 17.8 Å². The molecule has 1 N–H and O–H groups in total. The third kappa shape index (κ3) is 4.11. The Morgan fingerprint density at radius 3 is 2.17 bits per heavy atom. The Morgan fingerprint density at radius 2 is 1.71 bits per heavy atom. The molecule has 1 aromatic carbocycles. The third-order valence-corrected chi connectivity index (χ3v) is 4.32. The fourth-order valence-electron chi connectivity index (χ4n) is 2.23. The van der Waals surface area contributed by atoms with Crippen LogP contribution < -0.4 is 5.32 Å². The van der Waals surface area contributed by atoms with Crippen LogP contribution in [0.5, 0.6) is 0 Å². The van der Waals surface area contributed by atoms with E-state index >= 15 is 0 Å². The van der Waals surface area contributed by atoms with Gasteiger partial charge in [0.1, 0.15) is 0 Å². The number of rotatable bonds is 3. The Bertz CT molecular complexity index is 909. The quantitative estimate of drug-likeness (QED) is 0.927. The molecule has 2 aromatic rings. The van der Waals surface area contributed by atoms with E-state index in [9.17, 15) is 13.8 Å². The van der Waals surface area contributed by atoms with E-state index in [4.69, 9.17) is 0 Å². The van der Waals surface area contributed by atoms with Gasteiger partial charge in [0.2, 0.25) is 0 Å². The molecular weight excluding hydrogens is 326 g/mol. The summed E-state index contributed by atoms with van der Waals surface area (Å²) in [6, 6.07) is 8.18. The maximum atomic E-state index is 12.4. The number of carbonyl (C=O) groups excluding carboxylic acids is 2. The Morgan fingerprint density at radius 1 is 1.12 bits per heavy atom. The number of carbonyl (C=O) groups is 2. The Labute approximate surface area is 142 Å². The zero-order valence-corrected chi connectivity index (χ0v) is 15.2. The van der Waals surface area contributed by atoms with E-state index in [2.05, 4.69) is 9.68 Å². The largest absolute Gasteiger partial charge is 0.351 e. The molecule has 24 heavy (non-hydrogen) atoms. The molecule has 2 rings (SSSR count). The number of hydrogen-bond donors (Lipinski definition) is 1. The number of hydrogen-bond acceptors (Lipinski definition) is 3. The van der Waals surface area contributed by atoms with Crippen LogP contribution >= 0.6 is 0 Å². The van der Waals surface area contributed by atoms with Gasteiger partial charge in [0, 0.05) is 51.9 Å². The van der Waals surface area contributed by atoms with E-state index in [1.807, 2.05) is 31.5 Å². The van der Waals surface area contributed by atoms with Crippen molar-refractivity contribution < 1.29 is 13.8 Å². The van der Waals surface area contributed by atoms with Crippen LogP contribution in [0.4, 0.5) is 5.69 Å². The number of aryl methyl sites for hydroxylation is 1. The number of nitrogens with zero attached hydrogens (tertiary/aromatic N) is 2. The first-order valence-electron chi connectivity index (χ1n) is 7.34. The van der Waals surface area contributed by atoms with Crippen molar-refractivity contribution in [3.8, 4) is 0 Å². The fraction of sp³-hybridized carbons (Fsp3) is 0.294. The molecule has 1 aromatic heterocycles. The summed E-state index contributed by atoms with van der Waals surface area (Å²) in [5.74, 6) is -0.734. The highest BCUT2D eigenvalue weighted by molar-refractivity contribution is 7.92. The normalized spacial score (nSPS) is 11.2. The van der Waals surface area contributed by atoms with Gasteiger partial charge in [-0.1, -0.05) is 0 Å². The van der Waals surface area contributed by atoms with Gasteiger partial charge in [0.15, 0.2) is 0 Å². The topological polar surface area (TPSA) is 80.5 Å². The summed E-state index contributed by atoms with van der Waals surface area (Å²) in [5, 5.41) is 2.80. The van der Waals surface area contributed by atoms with E-state index in [-0.39, 0.29) is 5.91 Å². The molecule has 1 heterocycles. The van der Waals surface area contributed by atoms with E-state index in [0.717, 1.165) is 11.4 Å². The average Bonchev–Trinajstić information content (AvgIpc) is 2.74. The van der Waals surface area contributed by atoms with Crippen LogP contribution in [0.3, 0.4) is 0 Å². The highest BCUT2D eigenvalue weighted by Gasteiger charge is 2.14. The summed E-state index contributed by atoms with van der Waals surface area (Å²) in [7, 11) is -0.582. The molecule has 0 aliphatic heterocycles. The second kappa shape index (κ2) is 6.60. The van der Waals surface area contributed by atoms with Gasteiger partial charge in [-0.15, -0.1) is 0 Å². The van der Waals surface area contributed by atoms with Crippen molar-refractivity contribution in [2.24, 2.45) is 11.4 Å². The van der Waals surface area contributed by atoms with Gasteiger partial charge >= 0.3 is 0 Å². The summed E-state index contributed by atoms with van der Waals surface area (Å²) >= 11 is 0. The van der Waals surface area contributed by atoms with Crippen LogP contribution in [0, 0.1) is 13.8 Å².